The quantitative estimate of drug-likeness (QED) is 0.535. The summed E-state index contributed by atoms with van der Waals surface area (Å²) >= 11 is 0. The molecular formula is C5H10NO5P. The van der Waals surface area contributed by atoms with Crippen LogP contribution in [0.25, 0.3) is 0 Å². The molecule has 1 fully saturated rings. The molecule has 1 aliphatic rings. The summed E-state index contributed by atoms with van der Waals surface area (Å²) in [6.07, 6.45) is -0.497. The number of cyclic esters (lactones) is 1. The lowest BCUT2D eigenvalue weighted by Crippen LogP contribution is -2.26. The van der Waals surface area contributed by atoms with Gasteiger partial charge < -0.3 is 19.8 Å². The van der Waals surface area contributed by atoms with Crippen LogP contribution in [0.4, 0.5) is 4.79 Å². The Bertz CT molecular complexity index is 224. The minimum Gasteiger partial charge on any atom is -0.447 e. The third kappa shape index (κ3) is 3.21. The van der Waals surface area contributed by atoms with Crippen LogP contribution >= 0.6 is 7.60 Å². The smallest absolute Gasteiger partial charge is 0.407 e. The molecule has 0 aromatic carbocycles. The van der Waals surface area contributed by atoms with Crippen LogP contribution in [0.5, 0.6) is 0 Å². The van der Waals surface area contributed by atoms with Crippen LogP contribution in [-0.4, -0.2) is 34.7 Å². The number of nitrogens with one attached hydrogen (secondary N) is 1. The molecule has 1 rings (SSSR count). The molecule has 0 bridgehead atoms. The number of carbonyl (C=O) groups is 1. The highest BCUT2D eigenvalue weighted by molar-refractivity contribution is 7.51. The van der Waals surface area contributed by atoms with E-state index in [9.17, 15) is 9.36 Å². The van der Waals surface area contributed by atoms with Crippen molar-refractivity contribution in [2.75, 3.05) is 12.8 Å². The van der Waals surface area contributed by atoms with Gasteiger partial charge in [0.1, 0.15) is 6.61 Å². The van der Waals surface area contributed by atoms with Gasteiger partial charge in [-0.05, 0) is 6.42 Å². The Labute approximate surface area is 69.1 Å². The van der Waals surface area contributed by atoms with Crippen molar-refractivity contribution in [3.8, 4) is 0 Å². The van der Waals surface area contributed by atoms with E-state index in [1.54, 1.807) is 0 Å². The first-order valence-electron chi connectivity index (χ1n) is 3.45. The molecule has 1 saturated heterocycles. The Morgan fingerprint density at radius 1 is 1.67 bits per heavy atom. The number of carbonyl (C=O) groups excluding carboxylic acids is 1. The number of amides is 1. The molecule has 7 heteroatoms. The van der Waals surface area contributed by atoms with E-state index in [1.807, 2.05) is 0 Å². The van der Waals surface area contributed by atoms with Crippen molar-refractivity contribution in [3.63, 3.8) is 0 Å². The molecule has 1 atom stereocenters. The summed E-state index contributed by atoms with van der Waals surface area (Å²) < 4.78 is 14.9. The fraction of sp³-hybridized carbons (Fsp3) is 0.800. The highest BCUT2D eigenvalue weighted by Crippen LogP contribution is 2.35. The molecule has 0 spiro atoms. The second kappa shape index (κ2) is 3.43. The number of ether oxygens (including phenoxy) is 1. The summed E-state index contributed by atoms with van der Waals surface area (Å²) in [4.78, 5) is 27.5. The summed E-state index contributed by atoms with van der Waals surface area (Å²) in [5.74, 6) is 0. The Balaban J connectivity index is 2.25. The molecule has 1 amide bonds. The molecule has 12 heavy (non-hydrogen) atoms. The second-order valence-electron chi connectivity index (χ2n) is 2.62. The third-order valence-electron chi connectivity index (χ3n) is 1.51. The second-order valence-corrected chi connectivity index (χ2v) is 4.39. The Morgan fingerprint density at radius 2 is 2.33 bits per heavy atom. The van der Waals surface area contributed by atoms with Crippen molar-refractivity contribution >= 4 is 13.7 Å². The maximum atomic E-state index is 10.5. The lowest BCUT2D eigenvalue weighted by Gasteiger charge is -2.07. The Hall–Kier alpha value is -0.580. The average Bonchev–Trinajstić information content (AvgIpc) is 2.30. The number of alkyl carbamates (subject to hydrolysis) is 1. The zero-order valence-corrected chi connectivity index (χ0v) is 7.16. The van der Waals surface area contributed by atoms with Crippen molar-refractivity contribution in [2.24, 2.45) is 0 Å². The normalized spacial score (nSPS) is 23.5. The number of hydrogen-bond acceptors (Lipinski definition) is 3. The van der Waals surface area contributed by atoms with E-state index in [2.05, 4.69) is 10.1 Å². The van der Waals surface area contributed by atoms with E-state index in [0.29, 0.717) is 0 Å². The maximum absolute atomic E-state index is 10.5. The Kier molecular flexibility index (Phi) is 2.72. The fourth-order valence-corrected chi connectivity index (χ4v) is 1.55. The number of hydrogen-bond donors (Lipinski definition) is 3. The van der Waals surface area contributed by atoms with E-state index in [0.717, 1.165) is 0 Å². The van der Waals surface area contributed by atoms with Crippen molar-refractivity contribution in [2.45, 2.75) is 12.5 Å². The predicted octanol–water partition coefficient (Wildman–Crippen LogP) is -0.337. The lowest BCUT2D eigenvalue weighted by atomic mass is 10.2. The summed E-state index contributed by atoms with van der Waals surface area (Å²) in [6.45, 7) is 0.193. The lowest BCUT2D eigenvalue weighted by molar-refractivity contribution is 0.176. The summed E-state index contributed by atoms with van der Waals surface area (Å²) in [6, 6.07) is -0.259. The SMILES string of the molecule is O=C1NC(CCP(=O)(O)O)CO1. The largest absolute Gasteiger partial charge is 0.447 e. The molecule has 3 N–H and O–H groups in total. The van der Waals surface area contributed by atoms with Crippen molar-refractivity contribution < 1.29 is 23.9 Å². The molecule has 1 aliphatic heterocycles. The van der Waals surface area contributed by atoms with E-state index in [4.69, 9.17) is 9.79 Å². The van der Waals surface area contributed by atoms with Crippen LogP contribution in [0.3, 0.4) is 0 Å². The molecular weight excluding hydrogens is 185 g/mol. The van der Waals surface area contributed by atoms with Gasteiger partial charge in [0.05, 0.1) is 12.2 Å². The van der Waals surface area contributed by atoms with Crippen molar-refractivity contribution in [1.29, 1.82) is 0 Å². The van der Waals surface area contributed by atoms with Gasteiger partial charge in [0.2, 0.25) is 0 Å². The first-order valence-corrected chi connectivity index (χ1v) is 5.25. The van der Waals surface area contributed by atoms with Gasteiger partial charge in [-0.2, -0.15) is 0 Å². The van der Waals surface area contributed by atoms with E-state index < -0.39 is 13.7 Å². The zero-order chi connectivity index (χ0) is 9.19. The monoisotopic (exact) mass is 195 g/mol. The van der Waals surface area contributed by atoms with Gasteiger partial charge in [-0.3, -0.25) is 4.57 Å². The molecule has 0 aromatic heterocycles. The van der Waals surface area contributed by atoms with Crippen LogP contribution in [0, 0.1) is 0 Å². The van der Waals surface area contributed by atoms with Crippen molar-refractivity contribution in [3.05, 3.63) is 0 Å². The van der Waals surface area contributed by atoms with Crippen molar-refractivity contribution in [1.82, 2.24) is 5.32 Å². The van der Waals surface area contributed by atoms with Crippen LogP contribution < -0.4 is 5.32 Å². The van der Waals surface area contributed by atoms with E-state index in [1.165, 1.54) is 0 Å². The number of rotatable bonds is 3. The van der Waals surface area contributed by atoms with Gasteiger partial charge >= 0.3 is 13.7 Å². The van der Waals surface area contributed by atoms with Gasteiger partial charge in [-0.25, -0.2) is 4.79 Å². The molecule has 70 valence electrons. The molecule has 1 heterocycles. The van der Waals surface area contributed by atoms with Gasteiger partial charge in [0, 0.05) is 0 Å². The van der Waals surface area contributed by atoms with E-state index in [-0.39, 0.29) is 25.2 Å². The van der Waals surface area contributed by atoms with Gasteiger partial charge in [-0.15, -0.1) is 0 Å². The van der Waals surface area contributed by atoms with Crippen LogP contribution in [0.15, 0.2) is 0 Å². The summed E-state index contributed by atoms with van der Waals surface area (Å²) in [5.41, 5.74) is 0. The molecule has 0 aromatic rings. The maximum Gasteiger partial charge on any atom is 0.407 e. The molecule has 0 aliphatic carbocycles. The van der Waals surface area contributed by atoms with E-state index >= 15 is 0 Å². The van der Waals surface area contributed by atoms with Gasteiger partial charge in [0.25, 0.3) is 0 Å². The average molecular weight is 195 g/mol. The van der Waals surface area contributed by atoms with Crippen LogP contribution in [0.2, 0.25) is 0 Å². The Morgan fingerprint density at radius 3 is 2.75 bits per heavy atom. The topological polar surface area (TPSA) is 95.9 Å². The first-order chi connectivity index (χ1) is 5.47. The molecule has 0 radical (unpaired) electrons. The summed E-state index contributed by atoms with van der Waals surface area (Å²) in [5, 5.41) is 2.42. The van der Waals surface area contributed by atoms with Crippen LogP contribution in [-0.2, 0) is 9.30 Å². The molecule has 6 nitrogen and oxygen atoms in total. The van der Waals surface area contributed by atoms with Crippen LogP contribution in [0.1, 0.15) is 6.42 Å². The standard InChI is InChI=1S/C5H10NO5P/c7-5-6-4(3-11-5)1-2-12(8,9)10/h4H,1-3H2,(H,6,7)(H2,8,9,10). The molecule has 1 unspecified atom stereocenters. The highest BCUT2D eigenvalue weighted by atomic mass is 31.2. The first kappa shape index (κ1) is 9.51. The highest BCUT2D eigenvalue weighted by Gasteiger charge is 2.24. The minimum atomic E-state index is -3.94. The zero-order valence-electron chi connectivity index (χ0n) is 6.27. The molecule has 0 saturated carbocycles. The van der Waals surface area contributed by atoms with Gasteiger partial charge in [-0.1, -0.05) is 0 Å². The third-order valence-corrected chi connectivity index (χ3v) is 2.35. The summed E-state index contributed by atoms with van der Waals surface area (Å²) in [7, 11) is -3.94. The minimum absolute atomic E-state index is 0.193. The fourth-order valence-electron chi connectivity index (χ4n) is 0.906. The van der Waals surface area contributed by atoms with Gasteiger partial charge in [0.15, 0.2) is 0 Å². The predicted molar refractivity (Wildman–Crippen MR) is 39.8 cm³/mol.